The Morgan fingerprint density at radius 2 is 1.12 bits per heavy atom. The number of carbonyl (C=O) groups is 2. The molecule has 0 saturated carbocycles. The number of unbranched alkanes of at least 4 members (excludes halogenated alkanes) is 3. The number of piperidine rings is 2. The molecule has 2 saturated heterocycles. The Labute approximate surface area is 333 Å². The zero-order chi connectivity index (χ0) is 40.9. The zero-order valence-corrected chi connectivity index (χ0v) is 33.8. The van der Waals surface area contributed by atoms with Gasteiger partial charge in [0.05, 0.1) is 11.1 Å². The quantitative estimate of drug-likeness (QED) is 0.0719. The summed E-state index contributed by atoms with van der Waals surface area (Å²) in [6.07, 6.45) is 15.0. The van der Waals surface area contributed by atoms with E-state index >= 15 is 0 Å². The predicted molar refractivity (Wildman–Crippen MR) is 211 cm³/mol. The van der Waals surface area contributed by atoms with E-state index in [2.05, 4.69) is 56.2 Å². The first-order valence-corrected chi connectivity index (χ1v) is 20.2. The lowest BCUT2D eigenvalue weighted by atomic mass is 9.72. The van der Waals surface area contributed by atoms with Crippen molar-refractivity contribution in [3.63, 3.8) is 0 Å². The number of carbonyl (C=O) groups excluding carboxylic acids is 2. The molecule has 0 atom stereocenters. The number of likely N-dealkylation sites (tertiary alicyclic amines) is 2. The van der Waals surface area contributed by atoms with E-state index in [4.69, 9.17) is 9.47 Å². The highest BCUT2D eigenvalue weighted by molar-refractivity contribution is 5.95. The topological polar surface area (TPSA) is 178 Å². The lowest BCUT2D eigenvalue weighted by molar-refractivity contribution is -0.146. The third kappa shape index (κ3) is 11.4. The van der Waals surface area contributed by atoms with Gasteiger partial charge in [0.1, 0.15) is 54.7 Å². The van der Waals surface area contributed by atoms with Gasteiger partial charge in [-0.1, -0.05) is 72.8 Å². The molecule has 2 fully saturated rings. The maximum absolute atomic E-state index is 12.9. The van der Waals surface area contributed by atoms with Crippen LogP contribution in [0.5, 0.6) is 0 Å². The highest BCUT2D eigenvalue weighted by atomic mass is 16.6. The number of hydrogen-bond donors (Lipinski definition) is 0. The van der Waals surface area contributed by atoms with Crippen LogP contribution in [0.4, 0.5) is 0 Å². The molecular formula is C45H57N7O4. The van der Waals surface area contributed by atoms with Crippen molar-refractivity contribution in [2.24, 2.45) is 22.7 Å². The Kier molecular flexibility index (Phi) is 15.5. The van der Waals surface area contributed by atoms with Crippen LogP contribution in [0.3, 0.4) is 0 Å². The molecule has 2 heterocycles. The maximum Gasteiger partial charge on any atom is 0.349 e. The standard InChI is InChI=1S/C45H57N7O4/c1-6-42(53)55-21-22-56-43(54)39(31-50)36-24-45(4,5)26-41(38(36)30-49)52-19-15-33(16-20-52)12-10-8-7-9-11-32-13-17-51(18-14-32)40-25-44(2,3)23-35(37(40)29-48)34(27-46)28-47/h6,32-33H,1,7-26H2,2-5H3/b39-36+. The van der Waals surface area contributed by atoms with Crippen LogP contribution >= 0.6 is 0 Å². The average Bonchev–Trinajstić information content (AvgIpc) is 3.18. The summed E-state index contributed by atoms with van der Waals surface area (Å²) in [5.74, 6) is -0.132. The molecule has 0 aromatic heterocycles. The number of hydrogen-bond acceptors (Lipinski definition) is 11. The normalized spacial score (nSPS) is 20.8. The van der Waals surface area contributed by atoms with Crippen LogP contribution in [0.25, 0.3) is 0 Å². The molecule has 2 aliphatic heterocycles. The molecule has 11 nitrogen and oxygen atoms in total. The molecule has 0 spiro atoms. The molecule has 0 amide bonds. The molecular weight excluding hydrogens is 703 g/mol. The van der Waals surface area contributed by atoms with Crippen LogP contribution < -0.4 is 0 Å². The summed E-state index contributed by atoms with van der Waals surface area (Å²) in [5.41, 5.74) is 3.41. The Balaban J connectivity index is 1.22. The highest BCUT2D eigenvalue weighted by Gasteiger charge is 2.38. The summed E-state index contributed by atoms with van der Waals surface area (Å²) < 4.78 is 10.1. The second kappa shape index (κ2) is 20.0. The molecule has 4 aliphatic rings. The fourth-order valence-electron chi connectivity index (χ4n) is 8.93. The number of nitriles is 5. The van der Waals surface area contributed by atoms with Crippen LogP contribution in [-0.2, 0) is 19.1 Å². The van der Waals surface area contributed by atoms with Crippen molar-refractivity contribution in [2.75, 3.05) is 39.4 Å². The second-order valence-corrected chi connectivity index (χ2v) is 17.3. The van der Waals surface area contributed by atoms with E-state index < -0.39 is 11.9 Å². The molecule has 2 aliphatic carbocycles. The van der Waals surface area contributed by atoms with Crippen LogP contribution in [0.2, 0.25) is 0 Å². The number of nitrogens with zero attached hydrogens (tertiary/aromatic N) is 7. The van der Waals surface area contributed by atoms with Crippen molar-refractivity contribution in [3.8, 4) is 30.3 Å². The average molecular weight is 760 g/mol. The first-order chi connectivity index (χ1) is 26.8. The third-order valence-electron chi connectivity index (χ3n) is 11.8. The van der Waals surface area contributed by atoms with Gasteiger partial charge in [0, 0.05) is 49.2 Å². The van der Waals surface area contributed by atoms with Crippen LogP contribution in [0.15, 0.2) is 57.5 Å². The van der Waals surface area contributed by atoms with Crippen molar-refractivity contribution in [1.82, 2.24) is 9.80 Å². The first-order valence-electron chi connectivity index (χ1n) is 20.2. The van der Waals surface area contributed by atoms with Gasteiger partial charge < -0.3 is 19.3 Å². The van der Waals surface area contributed by atoms with Gasteiger partial charge in [0.25, 0.3) is 0 Å². The molecule has 0 radical (unpaired) electrons. The van der Waals surface area contributed by atoms with Gasteiger partial charge >= 0.3 is 11.9 Å². The minimum Gasteiger partial charge on any atom is -0.459 e. The Morgan fingerprint density at radius 1 is 0.679 bits per heavy atom. The van der Waals surface area contributed by atoms with Crippen molar-refractivity contribution < 1.29 is 19.1 Å². The van der Waals surface area contributed by atoms with Crippen molar-refractivity contribution in [1.29, 1.82) is 26.3 Å². The molecule has 0 bridgehead atoms. The van der Waals surface area contributed by atoms with Gasteiger partial charge in [0.2, 0.25) is 0 Å². The number of esters is 2. The van der Waals surface area contributed by atoms with Gasteiger partial charge in [0.15, 0.2) is 0 Å². The Hall–Kier alpha value is -5.31. The van der Waals surface area contributed by atoms with E-state index in [9.17, 15) is 35.9 Å². The largest absolute Gasteiger partial charge is 0.459 e. The van der Waals surface area contributed by atoms with Gasteiger partial charge in [-0.2, -0.15) is 26.3 Å². The van der Waals surface area contributed by atoms with Crippen LogP contribution in [0, 0.1) is 79.3 Å². The van der Waals surface area contributed by atoms with Crippen LogP contribution in [-0.4, -0.2) is 61.1 Å². The Morgan fingerprint density at radius 3 is 1.55 bits per heavy atom. The molecule has 0 N–H and O–H groups in total. The fraction of sp³-hybridized carbons (Fsp3) is 0.622. The molecule has 11 heteroatoms. The lowest BCUT2D eigenvalue weighted by Crippen LogP contribution is -2.37. The van der Waals surface area contributed by atoms with Crippen LogP contribution in [0.1, 0.15) is 118 Å². The van der Waals surface area contributed by atoms with Crippen molar-refractivity contribution in [2.45, 2.75) is 118 Å². The molecule has 56 heavy (non-hydrogen) atoms. The lowest BCUT2D eigenvalue weighted by Gasteiger charge is -2.42. The summed E-state index contributed by atoms with van der Waals surface area (Å²) in [4.78, 5) is 28.9. The summed E-state index contributed by atoms with van der Waals surface area (Å²) in [7, 11) is 0. The predicted octanol–water partition coefficient (Wildman–Crippen LogP) is 8.38. The van der Waals surface area contributed by atoms with E-state index in [1.807, 2.05) is 18.2 Å². The third-order valence-corrected chi connectivity index (χ3v) is 11.8. The number of ether oxygens (including phenoxy) is 2. The molecule has 0 aromatic rings. The summed E-state index contributed by atoms with van der Waals surface area (Å²) in [6.45, 7) is 14.9. The Bertz CT molecular complexity index is 1830. The molecule has 4 rings (SSSR count). The minimum atomic E-state index is -0.820. The van der Waals surface area contributed by atoms with E-state index in [1.165, 1.54) is 38.5 Å². The smallest absolute Gasteiger partial charge is 0.349 e. The first kappa shape index (κ1) is 43.4. The van der Waals surface area contributed by atoms with Gasteiger partial charge in [-0.15, -0.1) is 0 Å². The number of allylic oxidation sites excluding steroid dienone is 7. The monoisotopic (exact) mass is 759 g/mol. The second-order valence-electron chi connectivity index (χ2n) is 17.3. The van der Waals surface area contributed by atoms with Crippen molar-refractivity contribution >= 4 is 11.9 Å². The zero-order valence-electron chi connectivity index (χ0n) is 33.8. The minimum absolute atomic E-state index is 0.0628. The van der Waals surface area contributed by atoms with Crippen molar-refractivity contribution in [3.05, 3.63) is 57.5 Å². The SMILES string of the molecule is C=CC(=O)OCCOC(=O)/C(C#N)=C1\CC(C)(C)CC(N2CCC(CCCCCCC3CCN(C4=C(C#N)C(=C(C#N)C#N)CC(C)(C)C4)CC3)CC2)=C1C#N. The van der Waals surface area contributed by atoms with E-state index in [0.717, 1.165) is 75.8 Å². The summed E-state index contributed by atoms with van der Waals surface area (Å²) >= 11 is 0. The van der Waals surface area contributed by atoms with Gasteiger partial charge in [-0.25, -0.2) is 9.59 Å². The molecule has 0 unspecified atom stereocenters. The summed E-state index contributed by atoms with van der Waals surface area (Å²) in [5, 5.41) is 49.4. The van der Waals surface area contributed by atoms with E-state index in [1.54, 1.807) is 0 Å². The molecule has 296 valence electrons. The van der Waals surface area contributed by atoms with E-state index in [-0.39, 0.29) is 35.2 Å². The molecule has 0 aromatic carbocycles. The number of rotatable bonds is 14. The summed E-state index contributed by atoms with van der Waals surface area (Å²) in [6, 6.07) is 10.7. The maximum atomic E-state index is 12.9. The highest BCUT2D eigenvalue weighted by Crippen LogP contribution is 2.46. The van der Waals surface area contributed by atoms with E-state index in [0.29, 0.717) is 53.4 Å². The van der Waals surface area contributed by atoms with Gasteiger partial charge in [-0.05, 0) is 79.6 Å². The van der Waals surface area contributed by atoms with Gasteiger partial charge in [-0.3, -0.25) is 0 Å². The fourth-order valence-corrected chi connectivity index (χ4v) is 8.93.